The Labute approximate surface area is 294 Å². The van der Waals surface area contributed by atoms with Gasteiger partial charge >= 0.3 is 0 Å². The van der Waals surface area contributed by atoms with E-state index >= 15 is 0 Å². The summed E-state index contributed by atoms with van der Waals surface area (Å²) in [6.07, 6.45) is 0. The Morgan fingerprint density at radius 2 is 0.902 bits per heavy atom. The van der Waals surface area contributed by atoms with Crippen molar-refractivity contribution in [3.63, 3.8) is 0 Å². The number of benzene rings is 7. The predicted molar refractivity (Wildman–Crippen MR) is 209 cm³/mol. The van der Waals surface area contributed by atoms with Crippen LogP contribution in [-0.2, 0) is 0 Å². The molecule has 0 fully saturated rings. The van der Waals surface area contributed by atoms with Gasteiger partial charge in [0.1, 0.15) is 11.2 Å². The van der Waals surface area contributed by atoms with Crippen LogP contribution in [0.15, 0.2) is 180 Å². The minimum absolute atomic E-state index is 0.663. The maximum absolute atomic E-state index is 6.72. The highest BCUT2D eigenvalue weighted by atomic mass is 16.3. The first kappa shape index (κ1) is 29.0. The molecule has 0 spiro atoms. The summed E-state index contributed by atoms with van der Waals surface area (Å²) in [5.74, 6) is 0.663. The van der Waals surface area contributed by atoms with Gasteiger partial charge in [0.25, 0.3) is 0 Å². The first-order chi connectivity index (χ1) is 25.3. The lowest BCUT2D eigenvalue weighted by atomic mass is 9.97. The van der Waals surface area contributed by atoms with Crippen LogP contribution in [0.2, 0.25) is 0 Å². The van der Waals surface area contributed by atoms with Gasteiger partial charge < -0.3 is 4.42 Å². The van der Waals surface area contributed by atoms with E-state index in [1.54, 1.807) is 0 Å². The first-order valence-electron chi connectivity index (χ1n) is 17.1. The largest absolute Gasteiger partial charge is 0.455 e. The molecule has 0 aliphatic carbocycles. The third kappa shape index (κ3) is 5.04. The fourth-order valence-corrected chi connectivity index (χ4v) is 7.17. The van der Waals surface area contributed by atoms with Crippen LogP contribution in [-0.4, -0.2) is 15.0 Å². The van der Waals surface area contributed by atoms with E-state index < -0.39 is 0 Å². The molecular formula is C47H29N3O. The quantitative estimate of drug-likeness (QED) is 0.174. The van der Waals surface area contributed by atoms with Crippen molar-refractivity contribution in [2.24, 2.45) is 0 Å². The molecule has 3 aromatic heterocycles. The number of furan rings is 1. The molecule has 0 aliphatic heterocycles. The molecule has 4 heteroatoms. The van der Waals surface area contributed by atoms with E-state index in [1.165, 1.54) is 11.1 Å². The van der Waals surface area contributed by atoms with Gasteiger partial charge in [-0.15, -0.1) is 0 Å². The molecule has 0 aliphatic rings. The standard InChI is InChI=1S/C47H29N3O/c1-4-12-30(13-5-1)31-20-22-33(23-21-31)42-29-41(32-14-6-2-7-15-32)49-47(50-42)35-24-27-43-39(28-35)36-25-26-38-44(46(36)51-43)37-18-10-11-19-40(37)48-45(38)34-16-8-3-9-17-34/h1-29H. The third-order valence-corrected chi connectivity index (χ3v) is 9.69. The predicted octanol–water partition coefficient (Wildman–Crippen LogP) is 12.4. The van der Waals surface area contributed by atoms with Gasteiger partial charge in [-0.05, 0) is 47.5 Å². The number of aromatic nitrogens is 3. The Balaban J connectivity index is 1.15. The molecule has 0 radical (unpaired) electrons. The van der Waals surface area contributed by atoms with Crippen molar-refractivity contribution in [1.29, 1.82) is 0 Å². The van der Waals surface area contributed by atoms with Crippen molar-refractivity contribution < 1.29 is 4.42 Å². The van der Waals surface area contributed by atoms with Crippen molar-refractivity contribution in [1.82, 2.24) is 15.0 Å². The Morgan fingerprint density at radius 3 is 1.63 bits per heavy atom. The summed E-state index contributed by atoms with van der Waals surface area (Å²) in [5, 5.41) is 5.27. The normalized spacial score (nSPS) is 11.5. The first-order valence-corrected chi connectivity index (χ1v) is 17.1. The van der Waals surface area contributed by atoms with Crippen LogP contribution in [0.1, 0.15) is 0 Å². The fourth-order valence-electron chi connectivity index (χ4n) is 7.17. The van der Waals surface area contributed by atoms with Crippen molar-refractivity contribution in [2.45, 2.75) is 0 Å². The highest BCUT2D eigenvalue weighted by Crippen LogP contribution is 2.41. The lowest BCUT2D eigenvalue weighted by molar-refractivity contribution is 0.673. The van der Waals surface area contributed by atoms with E-state index in [2.05, 4.69) is 133 Å². The minimum atomic E-state index is 0.663. The summed E-state index contributed by atoms with van der Waals surface area (Å²) in [6.45, 7) is 0. The number of rotatable bonds is 5. The summed E-state index contributed by atoms with van der Waals surface area (Å²) in [5.41, 5.74) is 11.7. The zero-order valence-electron chi connectivity index (χ0n) is 27.5. The van der Waals surface area contributed by atoms with Gasteiger partial charge in [0.2, 0.25) is 0 Å². The molecule has 10 rings (SSSR count). The van der Waals surface area contributed by atoms with Gasteiger partial charge in [-0.25, -0.2) is 15.0 Å². The average molecular weight is 652 g/mol. The van der Waals surface area contributed by atoms with Crippen molar-refractivity contribution in [2.75, 3.05) is 0 Å². The second kappa shape index (κ2) is 11.9. The van der Waals surface area contributed by atoms with E-state index in [4.69, 9.17) is 19.4 Å². The molecule has 0 N–H and O–H groups in total. The average Bonchev–Trinajstić information content (AvgIpc) is 3.59. The summed E-state index contributed by atoms with van der Waals surface area (Å²) in [7, 11) is 0. The summed E-state index contributed by atoms with van der Waals surface area (Å²) in [4.78, 5) is 15.4. The minimum Gasteiger partial charge on any atom is -0.455 e. The maximum Gasteiger partial charge on any atom is 0.160 e. The Hall–Kier alpha value is -6.91. The van der Waals surface area contributed by atoms with Crippen LogP contribution in [0.5, 0.6) is 0 Å². The second-order valence-electron chi connectivity index (χ2n) is 12.8. The molecule has 7 aromatic carbocycles. The van der Waals surface area contributed by atoms with Gasteiger partial charge in [-0.1, -0.05) is 140 Å². The van der Waals surface area contributed by atoms with E-state index in [0.717, 1.165) is 82.9 Å². The molecular weight excluding hydrogens is 623 g/mol. The SMILES string of the molecule is c1ccc(-c2ccc(-c3cc(-c4ccccc4)nc(-c4ccc5oc6c(ccc7c(-c8ccccc8)nc8ccccc8c76)c5c4)n3)cc2)cc1. The van der Waals surface area contributed by atoms with Crippen molar-refractivity contribution in [3.05, 3.63) is 176 Å². The number of hydrogen-bond donors (Lipinski definition) is 0. The van der Waals surface area contributed by atoms with Crippen LogP contribution in [0, 0.1) is 0 Å². The van der Waals surface area contributed by atoms with Gasteiger partial charge in [-0.3, -0.25) is 0 Å². The zero-order chi connectivity index (χ0) is 33.7. The number of pyridine rings is 1. The van der Waals surface area contributed by atoms with Gasteiger partial charge in [0.05, 0.1) is 22.6 Å². The number of hydrogen-bond acceptors (Lipinski definition) is 4. The molecule has 0 atom stereocenters. The molecule has 0 bridgehead atoms. The molecule has 0 unspecified atom stereocenters. The molecule has 0 saturated carbocycles. The fraction of sp³-hybridized carbons (Fsp3) is 0. The van der Waals surface area contributed by atoms with Crippen LogP contribution in [0.4, 0.5) is 0 Å². The smallest absolute Gasteiger partial charge is 0.160 e. The van der Waals surface area contributed by atoms with Crippen LogP contribution in [0.3, 0.4) is 0 Å². The highest BCUT2D eigenvalue weighted by Gasteiger charge is 2.19. The molecule has 238 valence electrons. The van der Waals surface area contributed by atoms with Gasteiger partial charge in [0, 0.05) is 49.2 Å². The highest BCUT2D eigenvalue weighted by molar-refractivity contribution is 6.24. The van der Waals surface area contributed by atoms with Crippen LogP contribution < -0.4 is 0 Å². The molecule has 51 heavy (non-hydrogen) atoms. The van der Waals surface area contributed by atoms with E-state index in [1.807, 2.05) is 42.5 Å². The molecule has 10 aromatic rings. The zero-order valence-corrected chi connectivity index (χ0v) is 27.5. The number of nitrogens with zero attached hydrogens (tertiary/aromatic N) is 3. The molecule has 3 heterocycles. The van der Waals surface area contributed by atoms with Crippen molar-refractivity contribution in [3.8, 4) is 56.3 Å². The summed E-state index contributed by atoms with van der Waals surface area (Å²) >= 11 is 0. The Morgan fingerprint density at radius 1 is 0.353 bits per heavy atom. The lowest BCUT2D eigenvalue weighted by Gasteiger charge is -2.10. The number of para-hydroxylation sites is 1. The molecule has 0 amide bonds. The van der Waals surface area contributed by atoms with Crippen molar-refractivity contribution >= 4 is 43.6 Å². The van der Waals surface area contributed by atoms with Gasteiger partial charge in [0.15, 0.2) is 5.82 Å². The topological polar surface area (TPSA) is 51.8 Å². The summed E-state index contributed by atoms with van der Waals surface area (Å²) in [6, 6.07) is 60.7. The Kier molecular flexibility index (Phi) is 6.78. The van der Waals surface area contributed by atoms with E-state index in [0.29, 0.717) is 5.82 Å². The molecule has 0 saturated heterocycles. The third-order valence-electron chi connectivity index (χ3n) is 9.69. The maximum atomic E-state index is 6.72. The van der Waals surface area contributed by atoms with E-state index in [-0.39, 0.29) is 0 Å². The van der Waals surface area contributed by atoms with Crippen LogP contribution >= 0.6 is 0 Å². The summed E-state index contributed by atoms with van der Waals surface area (Å²) < 4.78 is 6.72. The van der Waals surface area contributed by atoms with Gasteiger partial charge in [-0.2, -0.15) is 0 Å². The monoisotopic (exact) mass is 651 g/mol. The number of fused-ring (bicyclic) bond motifs is 7. The van der Waals surface area contributed by atoms with E-state index in [9.17, 15) is 0 Å². The Bertz CT molecular complexity index is 2880. The second-order valence-corrected chi connectivity index (χ2v) is 12.8. The van der Waals surface area contributed by atoms with Crippen LogP contribution in [0.25, 0.3) is 99.9 Å². The molecule has 4 nitrogen and oxygen atoms in total. The lowest BCUT2D eigenvalue weighted by Crippen LogP contribution is -1.96.